The summed E-state index contributed by atoms with van der Waals surface area (Å²) in [5, 5.41) is 0. The Labute approximate surface area is 162 Å². The molecule has 0 N–H and O–H groups in total. The molecule has 1 atom stereocenters. The van der Waals surface area contributed by atoms with E-state index in [0.29, 0.717) is 36.1 Å². The molecule has 7 heteroatoms. The van der Waals surface area contributed by atoms with Crippen LogP contribution in [-0.4, -0.2) is 34.4 Å². The molecule has 4 rings (SSSR count). The molecule has 1 aromatic carbocycles. The van der Waals surface area contributed by atoms with Gasteiger partial charge in [-0.3, -0.25) is 4.79 Å². The fraction of sp³-hybridized carbons (Fsp3) is 0.286. The number of ether oxygens (including phenoxy) is 1. The van der Waals surface area contributed by atoms with Crippen LogP contribution in [0.25, 0.3) is 0 Å². The highest BCUT2D eigenvalue weighted by Gasteiger charge is 2.34. The van der Waals surface area contributed by atoms with Crippen molar-refractivity contribution in [2.24, 2.45) is 0 Å². The van der Waals surface area contributed by atoms with E-state index >= 15 is 0 Å². The van der Waals surface area contributed by atoms with Gasteiger partial charge in [0.15, 0.2) is 0 Å². The van der Waals surface area contributed by atoms with Crippen LogP contribution in [0.2, 0.25) is 0 Å². The zero-order valence-electron chi connectivity index (χ0n) is 15.5. The van der Waals surface area contributed by atoms with Gasteiger partial charge in [0.25, 0.3) is 5.91 Å². The fourth-order valence-electron chi connectivity index (χ4n) is 3.42. The normalized spacial score (nSPS) is 16.4. The Morgan fingerprint density at radius 2 is 2.04 bits per heavy atom. The van der Waals surface area contributed by atoms with Crippen LogP contribution in [0.4, 0.5) is 4.39 Å². The molecule has 0 unspecified atom stereocenters. The highest BCUT2D eigenvalue weighted by atomic mass is 19.1. The summed E-state index contributed by atoms with van der Waals surface area (Å²) in [5.74, 6) is 1.31. The SMILES string of the molecule is COc1ccc(C(=O)N2CCC[C@H]2c2ncc(Cc3ccc(F)cc3)o2)cn1. The van der Waals surface area contributed by atoms with Crippen LogP contribution in [-0.2, 0) is 6.42 Å². The van der Waals surface area contributed by atoms with Crippen LogP contribution in [0, 0.1) is 5.82 Å². The number of nitrogens with zero attached hydrogens (tertiary/aromatic N) is 3. The van der Waals surface area contributed by atoms with E-state index in [4.69, 9.17) is 9.15 Å². The summed E-state index contributed by atoms with van der Waals surface area (Å²) < 4.78 is 24.0. The van der Waals surface area contributed by atoms with Gasteiger partial charge in [0.05, 0.1) is 18.9 Å². The summed E-state index contributed by atoms with van der Waals surface area (Å²) in [4.78, 5) is 23.2. The molecule has 28 heavy (non-hydrogen) atoms. The van der Waals surface area contributed by atoms with Crippen molar-refractivity contribution in [2.75, 3.05) is 13.7 Å². The maximum absolute atomic E-state index is 13.1. The smallest absolute Gasteiger partial charge is 0.256 e. The molecule has 6 nitrogen and oxygen atoms in total. The Morgan fingerprint density at radius 3 is 2.75 bits per heavy atom. The van der Waals surface area contributed by atoms with Crippen molar-refractivity contribution >= 4 is 5.91 Å². The van der Waals surface area contributed by atoms with Crippen molar-refractivity contribution in [3.63, 3.8) is 0 Å². The molecule has 1 aliphatic rings. The fourth-order valence-corrected chi connectivity index (χ4v) is 3.42. The van der Waals surface area contributed by atoms with Gasteiger partial charge in [-0.25, -0.2) is 14.4 Å². The average Bonchev–Trinajstić information content (AvgIpc) is 3.38. The van der Waals surface area contributed by atoms with Crippen LogP contribution in [0.3, 0.4) is 0 Å². The number of amides is 1. The molecule has 1 aliphatic heterocycles. The second kappa shape index (κ2) is 7.80. The van der Waals surface area contributed by atoms with E-state index in [1.165, 1.54) is 25.4 Å². The number of aromatic nitrogens is 2. The van der Waals surface area contributed by atoms with Gasteiger partial charge in [-0.05, 0) is 36.6 Å². The summed E-state index contributed by atoms with van der Waals surface area (Å²) >= 11 is 0. The number of carbonyl (C=O) groups excluding carboxylic acids is 1. The van der Waals surface area contributed by atoms with E-state index in [1.807, 2.05) is 0 Å². The first kappa shape index (κ1) is 18.2. The van der Waals surface area contributed by atoms with E-state index in [-0.39, 0.29) is 17.8 Å². The maximum atomic E-state index is 13.1. The van der Waals surface area contributed by atoms with Gasteiger partial charge >= 0.3 is 0 Å². The number of oxazole rings is 1. The van der Waals surface area contributed by atoms with E-state index < -0.39 is 0 Å². The molecule has 0 aliphatic carbocycles. The maximum Gasteiger partial charge on any atom is 0.256 e. The van der Waals surface area contributed by atoms with Gasteiger partial charge in [-0.2, -0.15) is 0 Å². The molecule has 2 aromatic heterocycles. The summed E-state index contributed by atoms with van der Waals surface area (Å²) in [5.41, 5.74) is 1.44. The van der Waals surface area contributed by atoms with Crippen molar-refractivity contribution in [2.45, 2.75) is 25.3 Å². The summed E-state index contributed by atoms with van der Waals surface area (Å²) in [6, 6.07) is 9.47. The Hall–Kier alpha value is -3.22. The lowest BCUT2D eigenvalue weighted by molar-refractivity contribution is 0.0714. The Bertz CT molecular complexity index is 954. The Kier molecular flexibility index (Phi) is 5.06. The number of hydrogen-bond acceptors (Lipinski definition) is 5. The van der Waals surface area contributed by atoms with Gasteiger partial charge < -0.3 is 14.1 Å². The van der Waals surface area contributed by atoms with Gasteiger partial charge in [-0.15, -0.1) is 0 Å². The third-order valence-electron chi connectivity index (χ3n) is 4.85. The number of pyridine rings is 1. The number of hydrogen-bond donors (Lipinski definition) is 0. The van der Waals surface area contributed by atoms with Crippen LogP contribution < -0.4 is 4.74 Å². The lowest BCUT2D eigenvalue weighted by atomic mass is 10.1. The van der Waals surface area contributed by atoms with Crippen LogP contribution >= 0.6 is 0 Å². The van der Waals surface area contributed by atoms with Crippen molar-refractivity contribution < 1.29 is 18.3 Å². The number of halogens is 1. The number of rotatable bonds is 5. The first-order valence-electron chi connectivity index (χ1n) is 9.14. The number of methoxy groups -OCH3 is 1. The first-order valence-corrected chi connectivity index (χ1v) is 9.14. The third-order valence-corrected chi connectivity index (χ3v) is 4.85. The molecule has 0 bridgehead atoms. The van der Waals surface area contributed by atoms with Crippen molar-refractivity contribution in [3.8, 4) is 5.88 Å². The van der Waals surface area contributed by atoms with Gasteiger partial charge in [0.2, 0.25) is 11.8 Å². The molecule has 3 heterocycles. The summed E-state index contributed by atoms with van der Waals surface area (Å²) in [6.07, 6.45) is 5.40. The lowest BCUT2D eigenvalue weighted by Gasteiger charge is -2.22. The molecule has 144 valence electrons. The number of benzene rings is 1. The van der Waals surface area contributed by atoms with Crippen LogP contribution in [0.1, 0.15) is 46.5 Å². The molecular weight excluding hydrogens is 361 g/mol. The highest BCUT2D eigenvalue weighted by Crippen LogP contribution is 2.33. The zero-order chi connectivity index (χ0) is 19.5. The second-order valence-corrected chi connectivity index (χ2v) is 6.71. The molecule has 1 fully saturated rings. The van der Waals surface area contributed by atoms with Gasteiger partial charge in [-0.1, -0.05) is 12.1 Å². The predicted molar refractivity (Wildman–Crippen MR) is 99.5 cm³/mol. The lowest BCUT2D eigenvalue weighted by Crippen LogP contribution is -2.30. The number of carbonyl (C=O) groups is 1. The van der Waals surface area contributed by atoms with E-state index in [2.05, 4.69) is 9.97 Å². The zero-order valence-corrected chi connectivity index (χ0v) is 15.5. The minimum atomic E-state index is -0.268. The molecular formula is C21H20FN3O3. The van der Waals surface area contributed by atoms with Crippen LogP contribution in [0.15, 0.2) is 53.2 Å². The highest BCUT2D eigenvalue weighted by molar-refractivity contribution is 5.94. The van der Waals surface area contributed by atoms with Gasteiger partial charge in [0.1, 0.15) is 17.6 Å². The number of likely N-dealkylation sites (tertiary alicyclic amines) is 1. The first-order chi connectivity index (χ1) is 13.6. The average molecular weight is 381 g/mol. The predicted octanol–water partition coefficient (Wildman–Crippen LogP) is 3.79. The van der Waals surface area contributed by atoms with E-state index in [0.717, 1.165) is 18.4 Å². The largest absolute Gasteiger partial charge is 0.481 e. The molecule has 0 radical (unpaired) electrons. The topological polar surface area (TPSA) is 68.5 Å². The van der Waals surface area contributed by atoms with E-state index in [9.17, 15) is 9.18 Å². The monoisotopic (exact) mass is 381 g/mol. The van der Waals surface area contributed by atoms with Gasteiger partial charge in [0, 0.05) is 25.2 Å². The molecule has 0 spiro atoms. The Morgan fingerprint density at radius 1 is 1.21 bits per heavy atom. The summed E-state index contributed by atoms with van der Waals surface area (Å²) in [6.45, 7) is 0.644. The quantitative estimate of drug-likeness (QED) is 0.673. The third kappa shape index (κ3) is 3.74. The van der Waals surface area contributed by atoms with Crippen molar-refractivity contribution in [3.05, 3.63) is 77.4 Å². The molecule has 3 aromatic rings. The minimum absolute atomic E-state index is 0.101. The Balaban J connectivity index is 1.49. The van der Waals surface area contributed by atoms with Crippen molar-refractivity contribution in [1.82, 2.24) is 14.9 Å². The van der Waals surface area contributed by atoms with Crippen LogP contribution in [0.5, 0.6) is 5.88 Å². The standard InChI is InChI=1S/C21H20FN3O3/c1-27-19-9-6-15(12-23-19)21(26)25-10-2-3-18(25)20-24-13-17(28-20)11-14-4-7-16(22)8-5-14/h4-9,12-13,18H,2-3,10-11H2,1H3/t18-/m0/s1. The molecule has 0 saturated carbocycles. The van der Waals surface area contributed by atoms with E-state index in [1.54, 1.807) is 35.4 Å². The molecule has 1 amide bonds. The second-order valence-electron chi connectivity index (χ2n) is 6.71. The molecule has 1 saturated heterocycles. The summed E-state index contributed by atoms with van der Waals surface area (Å²) in [7, 11) is 1.53. The van der Waals surface area contributed by atoms with Crippen molar-refractivity contribution in [1.29, 1.82) is 0 Å². The minimum Gasteiger partial charge on any atom is -0.481 e.